The van der Waals surface area contributed by atoms with Gasteiger partial charge in [-0.2, -0.15) is 13.2 Å². The molecule has 3 N–H and O–H groups in total. The molecule has 4 rings (SSSR count). The van der Waals surface area contributed by atoms with Crippen molar-refractivity contribution in [2.24, 2.45) is 0 Å². The van der Waals surface area contributed by atoms with Gasteiger partial charge in [-0.05, 0) is 69.4 Å². The molecule has 0 radical (unpaired) electrons. The van der Waals surface area contributed by atoms with Gasteiger partial charge < -0.3 is 15.7 Å². The Morgan fingerprint density at radius 3 is 2.58 bits per heavy atom. The molecule has 2 heterocycles. The van der Waals surface area contributed by atoms with Gasteiger partial charge in [0.15, 0.2) is 0 Å². The second kappa shape index (κ2) is 10.6. The summed E-state index contributed by atoms with van der Waals surface area (Å²) in [6, 6.07) is 10.1. The number of alkyl halides is 3. The number of amides is 2. The van der Waals surface area contributed by atoms with E-state index in [0.29, 0.717) is 31.1 Å². The van der Waals surface area contributed by atoms with E-state index in [4.69, 9.17) is 0 Å². The summed E-state index contributed by atoms with van der Waals surface area (Å²) in [7, 11) is 0. The van der Waals surface area contributed by atoms with Crippen LogP contribution < -0.4 is 10.6 Å². The van der Waals surface area contributed by atoms with Crippen LogP contribution in [-0.4, -0.2) is 58.0 Å². The van der Waals surface area contributed by atoms with Gasteiger partial charge in [0.2, 0.25) is 5.91 Å². The first-order valence-electron chi connectivity index (χ1n) is 12.2. The zero-order valence-electron chi connectivity index (χ0n) is 20.1. The normalized spacial score (nSPS) is 27.0. The fraction of sp³-hybridized carbons (Fsp3) is 0.500. The van der Waals surface area contributed by atoms with Gasteiger partial charge in [-0.25, -0.2) is 0 Å². The number of halogens is 3. The van der Waals surface area contributed by atoms with Gasteiger partial charge in [0.05, 0.1) is 17.8 Å². The van der Waals surface area contributed by atoms with E-state index in [1.807, 2.05) is 18.2 Å². The van der Waals surface area contributed by atoms with Crippen molar-refractivity contribution in [1.82, 2.24) is 20.5 Å². The zero-order chi connectivity index (χ0) is 25.9. The number of nitrogens with zero attached hydrogens (tertiary/aromatic N) is 2. The predicted molar refractivity (Wildman–Crippen MR) is 127 cm³/mol. The van der Waals surface area contributed by atoms with Crippen LogP contribution in [0.25, 0.3) is 0 Å². The van der Waals surface area contributed by atoms with Gasteiger partial charge in [0, 0.05) is 36.4 Å². The number of nitrogens with one attached hydrogen (secondary N) is 2. The lowest BCUT2D eigenvalue weighted by Gasteiger charge is -2.40. The Hall–Kier alpha value is -2.98. The van der Waals surface area contributed by atoms with Crippen LogP contribution in [0.5, 0.6) is 0 Å². The first kappa shape index (κ1) is 26.1. The monoisotopic (exact) mass is 504 g/mol. The number of aliphatic hydroxyl groups is 1. The molecule has 2 aromatic rings. The minimum Gasteiger partial charge on any atom is -0.384 e. The Kier molecular flexibility index (Phi) is 7.65. The van der Waals surface area contributed by atoms with Gasteiger partial charge in [-0.15, -0.1) is 0 Å². The van der Waals surface area contributed by atoms with Gasteiger partial charge in [-0.1, -0.05) is 12.1 Å². The van der Waals surface area contributed by atoms with E-state index in [1.165, 1.54) is 6.07 Å². The Balaban J connectivity index is 1.25. The van der Waals surface area contributed by atoms with E-state index in [0.717, 1.165) is 37.5 Å². The molecule has 2 fully saturated rings. The summed E-state index contributed by atoms with van der Waals surface area (Å²) < 4.78 is 38.6. The molecule has 1 aromatic heterocycles. The van der Waals surface area contributed by atoms with E-state index >= 15 is 0 Å². The van der Waals surface area contributed by atoms with Crippen LogP contribution in [0, 0.1) is 0 Å². The van der Waals surface area contributed by atoms with Crippen molar-refractivity contribution in [2.75, 3.05) is 13.1 Å². The highest BCUT2D eigenvalue weighted by Crippen LogP contribution is 2.39. The number of pyridine rings is 1. The van der Waals surface area contributed by atoms with E-state index < -0.39 is 23.2 Å². The maximum absolute atomic E-state index is 12.9. The fourth-order valence-corrected chi connectivity index (χ4v) is 5.35. The molecule has 10 heteroatoms. The number of benzene rings is 1. The molecule has 0 bridgehead atoms. The Bertz CT molecular complexity index is 1070. The van der Waals surface area contributed by atoms with Crippen molar-refractivity contribution in [3.05, 3.63) is 65.5 Å². The number of carbonyl (C=O) groups is 2. The third-order valence-electron chi connectivity index (χ3n) is 7.24. The standard InChI is InChI=1S/C26H31F3N4O3/c1-17-13-20(16-33(17)21-8-10-25(36,11-9-21)22-7-2-3-12-30-22)32-23(34)15-31-24(35)18-5-4-6-19(14-18)26(27,28)29/h2-7,12,14,17,20-21,36H,8-11,13,15-16H2,1H3,(H,31,35)(H,32,34)/t17-,20+,21?,25?/m0/s1. The number of hydrogen-bond acceptors (Lipinski definition) is 5. The third kappa shape index (κ3) is 6.04. The molecule has 1 saturated heterocycles. The average molecular weight is 505 g/mol. The summed E-state index contributed by atoms with van der Waals surface area (Å²) in [4.78, 5) is 31.4. The minimum absolute atomic E-state index is 0.0884. The molecule has 1 saturated carbocycles. The summed E-state index contributed by atoms with van der Waals surface area (Å²) >= 11 is 0. The lowest BCUT2D eigenvalue weighted by molar-refractivity contribution is -0.137. The molecule has 2 atom stereocenters. The highest BCUT2D eigenvalue weighted by Gasteiger charge is 2.41. The predicted octanol–water partition coefficient (Wildman–Crippen LogP) is 3.24. The van der Waals surface area contributed by atoms with Gasteiger partial charge in [0.25, 0.3) is 5.91 Å². The lowest BCUT2D eigenvalue weighted by Crippen LogP contribution is -2.46. The van der Waals surface area contributed by atoms with Crippen LogP contribution in [0.15, 0.2) is 48.7 Å². The fourth-order valence-electron chi connectivity index (χ4n) is 5.35. The van der Waals surface area contributed by atoms with Crippen LogP contribution in [0.3, 0.4) is 0 Å². The Morgan fingerprint density at radius 2 is 1.92 bits per heavy atom. The topological polar surface area (TPSA) is 94.6 Å². The first-order chi connectivity index (χ1) is 17.0. The lowest BCUT2D eigenvalue weighted by atomic mass is 9.79. The van der Waals surface area contributed by atoms with Crippen LogP contribution in [0.4, 0.5) is 13.2 Å². The summed E-state index contributed by atoms with van der Waals surface area (Å²) in [5.41, 5.74) is -1.27. The molecular formula is C26H31F3N4O3. The van der Waals surface area contributed by atoms with Gasteiger partial charge >= 0.3 is 6.18 Å². The number of aromatic nitrogens is 1. The van der Waals surface area contributed by atoms with Crippen molar-refractivity contribution >= 4 is 11.8 Å². The Morgan fingerprint density at radius 1 is 1.17 bits per heavy atom. The number of likely N-dealkylation sites (tertiary alicyclic amines) is 1. The molecule has 0 spiro atoms. The van der Waals surface area contributed by atoms with Gasteiger partial charge in [0.1, 0.15) is 5.60 Å². The van der Waals surface area contributed by atoms with Crippen LogP contribution in [0.2, 0.25) is 0 Å². The van der Waals surface area contributed by atoms with Gasteiger partial charge in [-0.3, -0.25) is 19.5 Å². The Labute approximate surface area is 208 Å². The molecule has 1 aliphatic heterocycles. The van der Waals surface area contributed by atoms with E-state index in [1.54, 1.807) is 6.20 Å². The molecule has 0 unspecified atom stereocenters. The second-order valence-corrected chi connectivity index (χ2v) is 9.78. The number of carbonyl (C=O) groups excluding carboxylic acids is 2. The van der Waals surface area contributed by atoms with Crippen molar-refractivity contribution in [1.29, 1.82) is 0 Å². The van der Waals surface area contributed by atoms with Crippen molar-refractivity contribution in [3.8, 4) is 0 Å². The molecule has 194 valence electrons. The van der Waals surface area contributed by atoms with Crippen molar-refractivity contribution < 1.29 is 27.9 Å². The quantitative estimate of drug-likeness (QED) is 0.562. The first-order valence-corrected chi connectivity index (χ1v) is 12.2. The SMILES string of the molecule is C[C@H]1C[C@@H](NC(=O)CNC(=O)c2cccc(C(F)(F)F)c2)CN1C1CCC(O)(c2ccccn2)CC1. The van der Waals surface area contributed by atoms with Crippen LogP contribution in [0.1, 0.15) is 60.6 Å². The number of rotatable bonds is 6. The summed E-state index contributed by atoms with van der Waals surface area (Å²) in [5.74, 6) is -1.12. The van der Waals surface area contributed by atoms with E-state index in [9.17, 15) is 27.9 Å². The number of hydrogen-bond donors (Lipinski definition) is 3. The maximum atomic E-state index is 12.9. The average Bonchev–Trinajstić information content (AvgIpc) is 3.22. The highest BCUT2D eigenvalue weighted by molar-refractivity contribution is 5.96. The smallest absolute Gasteiger partial charge is 0.384 e. The molecular weight excluding hydrogens is 473 g/mol. The molecule has 2 aliphatic rings. The minimum atomic E-state index is -4.55. The van der Waals surface area contributed by atoms with E-state index in [-0.39, 0.29) is 30.1 Å². The van der Waals surface area contributed by atoms with Crippen molar-refractivity contribution in [2.45, 2.75) is 68.9 Å². The second-order valence-electron chi connectivity index (χ2n) is 9.78. The van der Waals surface area contributed by atoms with E-state index in [2.05, 4.69) is 27.4 Å². The van der Waals surface area contributed by atoms with Crippen LogP contribution in [-0.2, 0) is 16.6 Å². The zero-order valence-corrected chi connectivity index (χ0v) is 20.1. The highest BCUT2D eigenvalue weighted by atomic mass is 19.4. The largest absolute Gasteiger partial charge is 0.416 e. The van der Waals surface area contributed by atoms with Crippen LogP contribution >= 0.6 is 0 Å². The maximum Gasteiger partial charge on any atom is 0.416 e. The molecule has 1 aromatic carbocycles. The summed E-state index contributed by atoms with van der Waals surface area (Å²) in [6.45, 7) is 2.46. The molecule has 1 aliphatic carbocycles. The van der Waals surface area contributed by atoms with Crippen molar-refractivity contribution in [3.63, 3.8) is 0 Å². The molecule has 7 nitrogen and oxygen atoms in total. The third-order valence-corrected chi connectivity index (χ3v) is 7.24. The molecule has 2 amide bonds. The molecule has 36 heavy (non-hydrogen) atoms. The summed E-state index contributed by atoms with van der Waals surface area (Å²) in [5, 5.41) is 16.4. The summed E-state index contributed by atoms with van der Waals surface area (Å²) in [6.07, 6.45) is 0.795.